The van der Waals surface area contributed by atoms with Gasteiger partial charge in [-0.05, 0) is 0 Å². The first-order valence-corrected chi connectivity index (χ1v) is 0.548. The van der Waals surface area contributed by atoms with Crippen molar-refractivity contribution < 1.29 is 5.09 Å². The van der Waals surface area contributed by atoms with E-state index in [9.17, 15) is 0 Å². The van der Waals surface area contributed by atoms with Crippen LogP contribution >= 0.6 is 0 Å². The minimum atomic E-state index is -1.75. The van der Waals surface area contributed by atoms with E-state index in [-0.39, 0.29) is 94.4 Å². The topological polar surface area (TPSA) is 66.2 Å². The quantitative estimate of drug-likeness (QED) is 0.326. The van der Waals surface area contributed by atoms with Gasteiger partial charge in [0.25, 0.3) is 0 Å². The number of nitrogens with zero attached hydrogens (tertiary/aromatic N) is 1. The molecule has 0 aliphatic rings. The number of rotatable bonds is 0. The van der Waals surface area contributed by atoms with E-state index in [0.717, 1.165) is 0 Å². The van der Waals surface area contributed by atoms with Crippen LogP contribution in [0.5, 0.6) is 0 Å². The molecule has 6 heteroatoms. The first kappa shape index (κ1) is 15.7. The number of hydrogen-bond acceptors (Lipinski definition) is 3. The summed E-state index contributed by atoms with van der Waals surface area (Å²) in [6.07, 6.45) is 0. The van der Waals surface area contributed by atoms with Crippen molar-refractivity contribution in [3.63, 3.8) is 0 Å². The molecule has 0 aliphatic heterocycles. The van der Waals surface area contributed by atoms with Crippen LogP contribution in [0.3, 0.4) is 0 Å². The molecule has 6 heavy (non-hydrogen) atoms. The molecule has 0 spiro atoms. The monoisotopic (exact) mass is 288 g/mol. The summed E-state index contributed by atoms with van der Waals surface area (Å²) in [5.41, 5.74) is 0. The Hall–Kier alpha value is 2.25. The van der Waals surface area contributed by atoms with Crippen molar-refractivity contribution in [1.82, 2.24) is 0 Å². The molecule has 0 atom stereocenters. The van der Waals surface area contributed by atoms with E-state index in [1.54, 1.807) is 0 Å². The zero-order valence-electron chi connectivity index (χ0n) is 3.09. The molecule has 0 bridgehead atoms. The van der Waals surface area contributed by atoms with Crippen LogP contribution in [0.4, 0.5) is 0 Å². The zero-order valence-corrected chi connectivity index (χ0v) is 11.0. The summed E-state index contributed by atoms with van der Waals surface area (Å²) in [6.45, 7) is 0. The van der Waals surface area contributed by atoms with Crippen LogP contribution in [-0.4, -0.2) is 99.4 Å². The fraction of sp³-hybridized carbons (Fsp3) is 0. The maximum absolute atomic E-state index is 8.25. The van der Waals surface area contributed by atoms with Gasteiger partial charge in [-0.3, -0.25) is 0 Å². The van der Waals surface area contributed by atoms with Gasteiger partial charge in [0.1, 0.15) is 0 Å². The average Bonchev–Trinajstić information content (AvgIpc) is 0.811. The van der Waals surface area contributed by atoms with Crippen LogP contribution in [0, 0.1) is 15.3 Å². The molecule has 0 heterocycles. The number of hydrogen-bond donors (Lipinski definition) is 0. The van der Waals surface area contributed by atoms with Gasteiger partial charge in [-0.25, -0.2) is 0 Å². The van der Waals surface area contributed by atoms with Gasteiger partial charge in [-0.2, -0.15) is 0 Å². The molecule has 0 fully saturated rings. The Bertz CT molecular complexity index is 33.8. The Balaban J connectivity index is -0.0000000450. The summed E-state index contributed by atoms with van der Waals surface area (Å²) >= 11 is 0. The summed E-state index contributed by atoms with van der Waals surface area (Å²) in [7, 11) is 0. The summed E-state index contributed by atoms with van der Waals surface area (Å²) in [4.78, 5) is 8.25. The van der Waals surface area contributed by atoms with Gasteiger partial charge < -0.3 is 15.3 Å². The largest absolute Gasteiger partial charge is 2.00 e. The zero-order chi connectivity index (χ0) is 3.58. The van der Waals surface area contributed by atoms with Crippen LogP contribution in [0.25, 0.3) is 0 Å². The summed E-state index contributed by atoms with van der Waals surface area (Å²) in [5.74, 6) is 0. The Morgan fingerprint density at radius 2 is 1.33 bits per heavy atom. The normalized spacial score (nSPS) is 4.00. The minimum absolute atomic E-state index is 0. The van der Waals surface area contributed by atoms with E-state index in [4.69, 9.17) is 15.3 Å². The predicted molar refractivity (Wildman–Crippen MR) is 21.9 cm³/mol. The van der Waals surface area contributed by atoms with Crippen LogP contribution < -0.4 is 0 Å². The minimum Gasteiger partial charge on any atom is -0.356 e. The summed E-state index contributed by atoms with van der Waals surface area (Å²) < 4.78 is 0. The van der Waals surface area contributed by atoms with Gasteiger partial charge in [-0.15, -0.1) is 0 Å². The molecule has 0 radical (unpaired) electrons. The van der Waals surface area contributed by atoms with E-state index in [1.807, 2.05) is 0 Å². The SMILES string of the molecule is O=[N+]([O-])[O-].[Ba+2].[Sr+2]. The molecular formula is BaNO3Sr+3. The Labute approximate surface area is 112 Å². The molecule has 0 N–H and O–H groups in total. The maximum Gasteiger partial charge on any atom is 2.00 e. The molecule has 0 unspecified atom stereocenters. The first-order valence-electron chi connectivity index (χ1n) is 0.548. The van der Waals surface area contributed by atoms with Crippen LogP contribution in [0.1, 0.15) is 0 Å². The molecule has 0 aromatic rings. The van der Waals surface area contributed by atoms with E-state index < -0.39 is 5.09 Å². The van der Waals surface area contributed by atoms with Gasteiger partial charge in [0.05, 0.1) is 5.09 Å². The van der Waals surface area contributed by atoms with E-state index >= 15 is 0 Å². The molecule has 0 rings (SSSR count). The Morgan fingerprint density at radius 3 is 1.33 bits per heavy atom. The average molecular weight is 287 g/mol. The van der Waals surface area contributed by atoms with Gasteiger partial charge >= 0.3 is 94.4 Å². The van der Waals surface area contributed by atoms with Gasteiger partial charge in [-0.1, -0.05) is 0 Å². The van der Waals surface area contributed by atoms with Crippen LogP contribution in [0.2, 0.25) is 0 Å². The molecule has 0 aromatic carbocycles. The van der Waals surface area contributed by atoms with E-state index in [0.29, 0.717) is 0 Å². The standard InChI is InChI=1S/Ba.NO3.Sr/c;2-1(3)4;/q+2;-1;+2. The van der Waals surface area contributed by atoms with Crippen LogP contribution in [0.15, 0.2) is 0 Å². The van der Waals surface area contributed by atoms with Gasteiger partial charge in [0.15, 0.2) is 0 Å². The molecule has 24 valence electrons. The van der Waals surface area contributed by atoms with Crippen molar-refractivity contribution in [3.05, 3.63) is 15.3 Å². The van der Waals surface area contributed by atoms with Crippen LogP contribution in [-0.2, 0) is 0 Å². The molecular weight excluding hydrogens is 287 g/mol. The second kappa shape index (κ2) is 10.3. The van der Waals surface area contributed by atoms with Gasteiger partial charge in [0, 0.05) is 0 Å². The molecule has 0 amide bonds. The third-order valence-corrected chi connectivity index (χ3v) is 0. The summed E-state index contributed by atoms with van der Waals surface area (Å²) in [5, 5.41) is 14.8. The van der Waals surface area contributed by atoms with Crippen molar-refractivity contribution in [2.24, 2.45) is 0 Å². The smallest absolute Gasteiger partial charge is 0.356 e. The molecule has 0 saturated carbocycles. The fourth-order valence-electron chi connectivity index (χ4n) is 0. The molecule has 0 saturated heterocycles. The van der Waals surface area contributed by atoms with E-state index in [2.05, 4.69) is 0 Å². The molecule has 0 aromatic heterocycles. The Morgan fingerprint density at radius 1 is 1.33 bits per heavy atom. The van der Waals surface area contributed by atoms with Crippen molar-refractivity contribution in [1.29, 1.82) is 0 Å². The van der Waals surface area contributed by atoms with Crippen molar-refractivity contribution in [2.75, 3.05) is 0 Å². The first-order chi connectivity index (χ1) is 1.73. The fourth-order valence-corrected chi connectivity index (χ4v) is 0. The van der Waals surface area contributed by atoms with E-state index in [1.165, 1.54) is 0 Å². The van der Waals surface area contributed by atoms with Crippen molar-refractivity contribution >= 4 is 94.4 Å². The second-order valence-corrected chi connectivity index (χ2v) is 0.224. The molecule has 4 nitrogen and oxygen atoms in total. The second-order valence-electron chi connectivity index (χ2n) is 0.224. The van der Waals surface area contributed by atoms with Crippen molar-refractivity contribution in [2.45, 2.75) is 0 Å². The summed E-state index contributed by atoms with van der Waals surface area (Å²) in [6, 6.07) is 0. The predicted octanol–water partition coefficient (Wildman–Crippen LogP) is -1.00. The maximum atomic E-state index is 8.25. The van der Waals surface area contributed by atoms with Gasteiger partial charge in [0.2, 0.25) is 0 Å². The van der Waals surface area contributed by atoms with Crippen molar-refractivity contribution in [3.8, 4) is 0 Å². The third-order valence-electron chi connectivity index (χ3n) is 0. The Kier molecular flexibility index (Phi) is 26.9. The molecule has 0 aliphatic carbocycles. The third kappa shape index (κ3) is 34.0.